The normalized spacial score (nSPS) is 30.4. The van der Waals surface area contributed by atoms with Crippen molar-refractivity contribution in [2.75, 3.05) is 6.61 Å². The number of nitrogens with one attached hydrogen (secondary N) is 1. The third-order valence-electron chi connectivity index (χ3n) is 3.60. The summed E-state index contributed by atoms with van der Waals surface area (Å²) in [4.78, 5) is 11.6. The number of carbonyl (C=O) groups excluding carboxylic acids is 1. The van der Waals surface area contributed by atoms with Gasteiger partial charge in [0.15, 0.2) is 0 Å². The van der Waals surface area contributed by atoms with Gasteiger partial charge in [-0.1, -0.05) is 26.7 Å². The maximum Gasteiger partial charge on any atom is 0.246 e. The van der Waals surface area contributed by atoms with Gasteiger partial charge in [-0.25, -0.2) is 0 Å². The van der Waals surface area contributed by atoms with Crippen LogP contribution in [0.2, 0.25) is 0 Å². The lowest BCUT2D eigenvalue weighted by atomic mass is 9.78. The van der Waals surface area contributed by atoms with Gasteiger partial charge in [0.05, 0.1) is 6.10 Å². The molecule has 0 saturated heterocycles. The van der Waals surface area contributed by atoms with E-state index in [-0.39, 0.29) is 18.6 Å². The second kappa shape index (κ2) is 6.24. The van der Waals surface area contributed by atoms with Gasteiger partial charge in [-0.3, -0.25) is 4.79 Å². The first-order valence-corrected chi connectivity index (χ1v) is 6.41. The lowest BCUT2D eigenvalue weighted by Crippen LogP contribution is -2.45. The van der Waals surface area contributed by atoms with Gasteiger partial charge < -0.3 is 10.1 Å². The fraction of sp³-hybridized carbons (Fsp3) is 0.923. The van der Waals surface area contributed by atoms with Crippen molar-refractivity contribution in [3.05, 3.63) is 0 Å². The largest absolute Gasteiger partial charge is 0.369 e. The van der Waals surface area contributed by atoms with Crippen LogP contribution in [-0.2, 0) is 9.53 Å². The number of hydrogen-bond acceptors (Lipinski definition) is 2. The Morgan fingerprint density at radius 1 is 1.38 bits per heavy atom. The highest BCUT2D eigenvalue weighted by molar-refractivity contribution is 5.77. The van der Waals surface area contributed by atoms with Crippen LogP contribution in [0.4, 0.5) is 0 Å². The van der Waals surface area contributed by atoms with Crippen molar-refractivity contribution in [3.63, 3.8) is 0 Å². The summed E-state index contributed by atoms with van der Waals surface area (Å²) in [5, 5.41) is 3.09. The van der Waals surface area contributed by atoms with Crippen LogP contribution in [0.5, 0.6) is 0 Å². The fourth-order valence-corrected chi connectivity index (χ4v) is 2.28. The maximum absolute atomic E-state index is 11.6. The minimum atomic E-state index is 0.0275. The highest BCUT2D eigenvalue weighted by Gasteiger charge is 2.27. The third kappa shape index (κ3) is 4.12. The van der Waals surface area contributed by atoms with Crippen LogP contribution in [0.3, 0.4) is 0 Å². The molecule has 3 heteroatoms. The first kappa shape index (κ1) is 13.5. The predicted molar refractivity (Wildman–Crippen MR) is 65.2 cm³/mol. The summed E-state index contributed by atoms with van der Waals surface area (Å²) in [7, 11) is 0. The molecule has 0 radical (unpaired) electrons. The van der Waals surface area contributed by atoms with Crippen molar-refractivity contribution in [2.24, 2.45) is 11.8 Å². The molecule has 3 atom stereocenters. The summed E-state index contributed by atoms with van der Waals surface area (Å²) in [5.74, 6) is 1.32. The van der Waals surface area contributed by atoms with Crippen molar-refractivity contribution in [3.8, 4) is 0 Å². The summed E-state index contributed by atoms with van der Waals surface area (Å²) in [5.41, 5.74) is 0. The van der Waals surface area contributed by atoms with Crippen LogP contribution in [0, 0.1) is 11.8 Å². The predicted octanol–water partition coefficient (Wildman–Crippen LogP) is 2.35. The molecule has 1 amide bonds. The quantitative estimate of drug-likeness (QED) is 0.800. The van der Waals surface area contributed by atoms with Crippen molar-refractivity contribution in [2.45, 2.75) is 59.1 Å². The Morgan fingerprint density at radius 2 is 2.06 bits per heavy atom. The molecule has 0 heterocycles. The molecule has 1 aliphatic rings. The van der Waals surface area contributed by atoms with E-state index < -0.39 is 0 Å². The van der Waals surface area contributed by atoms with Gasteiger partial charge >= 0.3 is 0 Å². The zero-order valence-corrected chi connectivity index (χ0v) is 11.0. The summed E-state index contributed by atoms with van der Waals surface area (Å²) >= 11 is 0. The molecule has 0 bridgehead atoms. The van der Waals surface area contributed by atoms with Crippen LogP contribution in [0.25, 0.3) is 0 Å². The van der Waals surface area contributed by atoms with Gasteiger partial charge in [0.1, 0.15) is 6.61 Å². The highest BCUT2D eigenvalue weighted by atomic mass is 16.5. The zero-order chi connectivity index (χ0) is 12.1. The van der Waals surface area contributed by atoms with Crippen LogP contribution in [0.15, 0.2) is 0 Å². The SMILES string of the molecule is CC(C)OCC(=O)NC1CCCC(C)C1C. The monoisotopic (exact) mass is 227 g/mol. The first-order chi connectivity index (χ1) is 7.50. The Labute approximate surface area is 98.9 Å². The van der Waals surface area contributed by atoms with Gasteiger partial charge in [-0.05, 0) is 32.1 Å². The van der Waals surface area contributed by atoms with Crippen LogP contribution in [-0.4, -0.2) is 24.7 Å². The number of amides is 1. The van der Waals surface area contributed by atoms with Gasteiger partial charge in [-0.15, -0.1) is 0 Å². The fourth-order valence-electron chi connectivity index (χ4n) is 2.28. The molecular weight excluding hydrogens is 202 g/mol. The van der Waals surface area contributed by atoms with Crippen molar-refractivity contribution < 1.29 is 9.53 Å². The van der Waals surface area contributed by atoms with Gasteiger partial charge in [0.2, 0.25) is 5.91 Å². The van der Waals surface area contributed by atoms with Gasteiger partial charge in [0.25, 0.3) is 0 Å². The lowest BCUT2D eigenvalue weighted by molar-refractivity contribution is -0.128. The molecule has 1 saturated carbocycles. The van der Waals surface area contributed by atoms with Crippen LogP contribution >= 0.6 is 0 Å². The minimum Gasteiger partial charge on any atom is -0.369 e. The summed E-state index contributed by atoms with van der Waals surface area (Å²) < 4.78 is 5.30. The van der Waals surface area contributed by atoms with E-state index in [4.69, 9.17) is 4.74 Å². The molecule has 94 valence electrons. The number of rotatable bonds is 4. The molecular formula is C13H25NO2. The molecule has 16 heavy (non-hydrogen) atoms. The number of carbonyl (C=O) groups is 1. The Balaban J connectivity index is 2.32. The molecule has 1 aliphatic carbocycles. The molecule has 0 aromatic carbocycles. The van der Waals surface area contributed by atoms with E-state index >= 15 is 0 Å². The summed E-state index contributed by atoms with van der Waals surface area (Å²) in [6, 6.07) is 0.340. The molecule has 1 fully saturated rings. The van der Waals surface area contributed by atoms with Gasteiger partial charge in [0, 0.05) is 6.04 Å². The molecule has 0 aromatic heterocycles. The van der Waals surface area contributed by atoms with E-state index in [1.54, 1.807) is 0 Å². The summed E-state index contributed by atoms with van der Waals surface area (Å²) in [6.45, 7) is 8.58. The van der Waals surface area contributed by atoms with Crippen molar-refractivity contribution in [1.29, 1.82) is 0 Å². The number of ether oxygens (including phenoxy) is 1. The topological polar surface area (TPSA) is 38.3 Å². The standard InChI is InChI=1S/C13H25NO2/c1-9(2)16-8-13(15)14-12-7-5-6-10(3)11(12)4/h9-12H,5-8H2,1-4H3,(H,14,15). The second-order valence-corrected chi connectivity index (χ2v) is 5.30. The average Bonchev–Trinajstić information content (AvgIpc) is 2.22. The molecule has 0 aromatic rings. The van der Waals surface area contributed by atoms with Crippen molar-refractivity contribution >= 4 is 5.91 Å². The van der Waals surface area contributed by atoms with Crippen molar-refractivity contribution in [1.82, 2.24) is 5.32 Å². The van der Waals surface area contributed by atoms with E-state index in [9.17, 15) is 4.79 Å². The van der Waals surface area contributed by atoms with E-state index in [0.29, 0.717) is 17.9 Å². The average molecular weight is 227 g/mol. The molecule has 0 spiro atoms. The molecule has 1 N–H and O–H groups in total. The first-order valence-electron chi connectivity index (χ1n) is 6.41. The van der Waals surface area contributed by atoms with Crippen LogP contribution < -0.4 is 5.32 Å². The second-order valence-electron chi connectivity index (χ2n) is 5.30. The Kier molecular flexibility index (Phi) is 5.26. The molecule has 0 aliphatic heterocycles. The zero-order valence-electron chi connectivity index (χ0n) is 11.0. The minimum absolute atomic E-state index is 0.0275. The molecule has 1 rings (SSSR count). The van der Waals surface area contributed by atoms with Crippen LogP contribution in [0.1, 0.15) is 47.0 Å². The van der Waals surface area contributed by atoms with E-state index in [1.807, 2.05) is 13.8 Å². The smallest absolute Gasteiger partial charge is 0.246 e. The Hall–Kier alpha value is -0.570. The van der Waals surface area contributed by atoms with E-state index in [0.717, 1.165) is 6.42 Å². The van der Waals surface area contributed by atoms with E-state index in [2.05, 4.69) is 19.2 Å². The highest BCUT2D eigenvalue weighted by Crippen LogP contribution is 2.29. The van der Waals surface area contributed by atoms with E-state index in [1.165, 1.54) is 12.8 Å². The Morgan fingerprint density at radius 3 is 2.69 bits per heavy atom. The molecule has 3 nitrogen and oxygen atoms in total. The summed E-state index contributed by atoms with van der Waals surface area (Å²) in [6.07, 6.45) is 3.74. The van der Waals surface area contributed by atoms with Gasteiger partial charge in [-0.2, -0.15) is 0 Å². The Bertz CT molecular complexity index is 228. The third-order valence-corrected chi connectivity index (χ3v) is 3.60. The maximum atomic E-state index is 11.6. The number of hydrogen-bond donors (Lipinski definition) is 1. The molecule has 3 unspecified atom stereocenters. The lowest BCUT2D eigenvalue weighted by Gasteiger charge is -2.34.